The Balaban J connectivity index is 2.26. The van der Waals surface area contributed by atoms with E-state index in [1.54, 1.807) is 24.3 Å². The average molecular weight is 242 g/mol. The number of hydrogen-bond acceptors (Lipinski definition) is 2. The first kappa shape index (κ1) is 12.8. The van der Waals surface area contributed by atoms with E-state index < -0.39 is 0 Å². The van der Waals surface area contributed by atoms with Gasteiger partial charge in [0.05, 0.1) is 0 Å². The van der Waals surface area contributed by atoms with E-state index in [0.717, 1.165) is 18.7 Å². The number of carbonyl (C=O) groups excluding carboxylic acids is 1. The summed E-state index contributed by atoms with van der Waals surface area (Å²) in [5, 5.41) is 9.14. The van der Waals surface area contributed by atoms with Crippen molar-refractivity contribution in [1.29, 1.82) is 0 Å². The number of urea groups is 1. The van der Waals surface area contributed by atoms with Crippen LogP contribution in [0.25, 0.3) is 0 Å². The number of nitrogens with one attached hydrogen (secondary N) is 3. The van der Waals surface area contributed by atoms with Crippen LogP contribution in [0.5, 0.6) is 0 Å². The zero-order chi connectivity index (χ0) is 11.8. The summed E-state index contributed by atoms with van der Waals surface area (Å²) in [7, 11) is 1.88. The number of amides is 2. The fraction of sp³-hybridized carbons (Fsp3) is 0.364. The van der Waals surface area contributed by atoms with Crippen LogP contribution in [0.15, 0.2) is 24.3 Å². The Morgan fingerprint density at radius 3 is 2.56 bits per heavy atom. The molecule has 0 atom stereocenters. The van der Waals surface area contributed by atoms with Crippen molar-refractivity contribution in [3.05, 3.63) is 29.3 Å². The smallest absolute Gasteiger partial charge is 0.319 e. The monoisotopic (exact) mass is 241 g/mol. The van der Waals surface area contributed by atoms with Gasteiger partial charge in [0.25, 0.3) is 0 Å². The summed E-state index contributed by atoms with van der Waals surface area (Å²) in [5.41, 5.74) is 0.732. The summed E-state index contributed by atoms with van der Waals surface area (Å²) < 4.78 is 0. The van der Waals surface area contributed by atoms with Gasteiger partial charge in [-0.2, -0.15) is 0 Å². The predicted molar refractivity (Wildman–Crippen MR) is 67.0 cm³/mol. The molecule has 1 rings (SSSR count). The molecule has 3 N–H and O–H groups in total. The fourth-order valence-electron chi connectivity index (χ4n) is 1.18. The van der Waals surface area contributed by atoms with Gasteiger partial charge in [0.15, 0.2) is 0 Å². The first-order valence-corrected chi connectivity index (χ1v) is 5.55. The van der Waals surface area contributed by atoms with Crippen LogP contribution in [0.3, 0.4) is 0 Å². The van der Waals surface area contributed by atoms with Crippen LogP contribution < -0.4 is 16.0 Å². The standard InChI is InChI=1S/C11H16ClN3O/c1-13-7-2-8-14-11(16)15-10-5-3-9(12)4-6-10/h3-6,13H,2,7-8H2,1H3,(H2,14,15,16). The molecule has 0 aliphatic heterocycles. The van der Waals surface area contributed by atoms with E-state index >= 15 is 0 Å². The minimum Gasteiger partial charge on any atom is -0.338 e. The molecular weight excluding hydrogens is 226 g/mol. The highest BCUT2D eigenvalue weighted by Gasteiger charge is 1.99. The summed E-state index contributed by atoms with van der Waals surface area (Å²) in [4.78, 5) is 11.4. The van der Waals surface area contributed by atoms with Gasteiger partial charge in [-0.05, 0) is 44.3 Å². The predicted octanol–water partition coefficient (Wildman–Crippen LogP) is 2.07. The summed E-state index contributed by atoms with van der Waals surface area (Å²) in [6.07, 6.45) is 0.907. The van der Waals surface area contributed by atoms with Crippen molar-refractivity contribution >= 4 is 23.3 Å². The van der Waals surface area contributed by atoms with Gasteiger partial charge in [0.1, 0.15) is 0 Å². The molecule has 0 spiro atoms. The van der Waals surface area contributed by atoms with Crippen molar-refractivity contribution < 1.29 is 4.79 Å². The van der Waals surface area contributed by atoms with E-state index in [1.807, 2.05) is 7.05 Å². The normalized spacial score (nSPS) is 9.88. The molecule has 2 amide bonds. The fourth-order valence-corrected chi connectivity index (χ4v) is 1.30. The number of rotatable bonds is 5. The molecule has 0 radical (unpaired) electrons. The van der Waals surface area contributed by atoms with Gasteiger partial charge >= 0.3 is 6.03 Å². The topological polar surface area (TPSA) is 53.2 Å². The lowest BCUT2D eigenvalue weighted by Gasteiger charge is -2.07. The molecule has 0 aliphatic carbocycles. The molecule has 0 unspecified atom stereocenters. The molecule has 4 nitrogen and oxygen atoms in total. The van der Waals surface area contributed by atoms with Crippen LogP contribution in [-0.2, 0) is 0 Å². The van der Waals surface area contributed by atoms with Crippen LogP contribution in [-0.4, -0.2) is 26.2 Å². The molecule has 0 heterocycles. The third-order valence-corrected chi connectivity index (χ3v) is 2.24. The molecule has 0 aliphatic rings. The van der Waals surface area contributed by atoms with E-state index in [0.29, 0.717) is 11.6 Å². The molecule has 1 aromatic rings. The zero-order valence-electron chi connectivity index (χ0n) is 9.22. The molecule has 0 saturated heterocycles. The molecular formula is C11H16ClN3O. The van der Waals surface area contributed by atoms with E-state index in [1.165, 1.54) is 0 Å². The summed E-state index contributed by atoms with van der Waals surface area (Å²) in [6, 6.07) is 6.79. The SMILES string of the molecule is CNCCCNC(=O)Nc1ccc(Cl)cc1. The van der Waals surface area contributed by atoms with Gasteiger partial charge in [-0.3, -0.25) is 0 Å². The minimum atomic E-state index is -0.196. The van der Waals surface area contributed by atoms with Crippen LogP contribution in [0.1, 0.15) is 6.42 Å². The van der Waals surface area contributed by atoms with Crippen molar-refractivity contribution in [3.63, 3.8) is 0 Å². The van der Waals surface area contributed by atoms with E-state index in [9.17, 15) is 4.79 Å². The number of hydrogen-bond donors (Lipinski definition) is 3. The first-order chi connectivity index (χ1) is 7.72. The average Bonchev–Trinajstić information content (AvgIpc) is 2.28. The lowest BCUT2D eigenvalue weighted by atomic mass is 10.3. The Morgan fingerprint density at radius 2 is 1.94 bits per heavy atom. The molecule has 0 fully saturated rings. The van der Waals surface area contributed by atoms with Gasteiger partial charge < -0.3 is 16.0 Å². The molecule has 0 saturated carbocycles. The van der Waals surface area contributed by atoms with E-state index in [2.05, 4.69) is 16.0 Å². The second-order valence-corrected chi connectivity index (χ2v) is 3.78. The van der Waals surface area contributed by atoms with Gasteiger partial charge in [-0.1, -0.05) is 11.6 Å². The molecule has 16 heavy (non-hydrogen) atoms. The van der Waals surface area contributed by atoms with Gasteiger partial charge in [0.2, 0.25) is 0 Å². The molecule has 0 aromatic heterocycles. The van der Waals surface area contributed by atoms with Gasteiger partial charge in [0, 0.05) is 17.3 Å². The highest BCUT2D eigenvalue weighted by molar-refractivity contribution is 6.30. The van der Waals surface area contributed by atoms with Crippen LogP contribution >= 0.6 is 11.6 Å². The van der Waals surface area contributed by atoms with Crippen molar-refractivity contribution in [2.45, 2.75) is 6.42 Å². The Hall–Kier alpha value is -1.26. The maximum Gasteiger partial charge on any atom is 0.319 e. The minimum absolute atomic E-state index is 0.196. The highest BCUT2D eigenvalue weighted by atomic mass is 35.5. The highest BCUT2D eigenvalue weighted by Crippen LogP contribution is 2.12. The van der Waals surface area contributed by atoms with Crippen LogP contribution in [0.4, 0.5) is 10.5 Å². The Kier molecular flexibility index (Phi) is 5.67. The van der Waals surface area contributed by atoms with Crippen LogP contribution in [0.2, 0.25) is 5.02 Å². The van der Waals surface area contributed by atoms with Gasteiger partial charge in [-0.25, -0.2) is 4.79 Å². The van der Waals surface area contributed by atoms with Crippen molar-refractivity contribution in [3.8, 4) is 0 Å². The number of halogens is 1. The first-order valence-electron chi connectivity index (χ1n) is 5.17. The lowest BCUT2D eigenvalue weighted by Crippen LogP contribution is -2.30. The van der Waals surface area contributed by atoms with Crippen molar-refractivity contribution in [2.24, 2.45) is 0 Å². The number of carbonyl (C=O) groups is 1. The summed E-state index contributed by atoms with van der Waals surface area (Å²) in [6.45, 7) is 1.54. The van der Waals surface area contributed by atoms with Crippen LogP contribution in [0, 0.1) is 0 Å². The summed E-state index contributed by atoms with van der Waals surface area (Å²) in [5.74, 6) is 0. The molecule has 1 aromatic carbocycles. The Labute approximate surface area is 100 Å². The molecule has 88 valence electrons. The molecule has 0 bridgehead atoms. The Bertz CT molecular complexity index is 327. The third-order valence-electron chi connectivity index (χ3n) is 1.99. The second kappa shape index (κ2) is 7.09. The lowest BCUT2D eigenvalue weighted by molar-refractivity contribution is 0.252. The quantitative estimate of drug-likeness (QED) is 0.692. The molecule has 5 heteroatoms. The largest absolute Gasteiger partial charge is 0.338 e. The second-order valence-electron chi connectivity index (χ2n) is 3.34. The maximum atomic E-state index is 11.4. The van der Waals surface area contributed by atoms with E-state index in [4.69, 9.17) is 11.6 Å². The van der Waals surface area contributed by atoms with Gasteiger partial charge in [-0.15, -0.1) is 0 Å². The zero-order valence-corrected chi connectivity index (χ0v) is 9.97. The summed E-state index contributed by atoms with van der Waals surface area (Å²) >= 11 is 5.73. The third kappa shape index (κ3) is 5.00. The Morgan fingerprint density at radius 1 is 1.25 bits per heavy atom. The van der Waals surface area contributed by atoms with E-state index in [-0.39, 0.29) is 6.03 Å². The number of anilines is 1. The van der Waals surface area contributed by atoms with Crippen molar-refractivity contribution in [2.75, 3.05) is 25.5 Å². The maximum absolute atomic E-state index is 11.4. The van der Waals surface area contributed by atoms with Crippen molar-refractivity contribution in [1.82, 2.24) is 10.6 Å². The number of benzene rings is 1.